The maximum absolute atomic E-state index is 11.4. The highest BCUT2D eigenvalue weighted by molar-refractivity contribution is 8.18. The van der Waals surface area contributed by atoms with E-state index < -0.39 is 9.22 Å². The molecule has 0 unspecified atom stereocenters. The van der Waals surface area contributed by atoms with Crippen molar-refractivity contribution in [1.82, 2.24) is 4.31 Å². The molecule has 4 nitrogen and oxygen atoms in total. The molecule has 17 heavy (non-hydrogen) atoms. The average Bonchev–Trinajstić information content (AvgIpc) is 2.25. The Morgan fingerprint density at radius 2 is 2.24 bits per heavy atom. The van der Waals surface area contributed by atoms with E-state index in [2.05, 4.69) is 5.16 Å². The van der Waals surface area contributed by atoms with Crippen LogP contribution in [0.5, 0.6) is 0 Å². The molecule has 1 amide bonds. The van der Waals surface area contributed by atoms with Crippen LogP contribution in [0.15, 0.2) is 5.16 Å². The van der Waals surface area contributed by atoms with Crippen LogP contribution in [0.2, 0.25) is 0 Å². The van der Waals surface area contributed by atoms with Gasteiger partial charge in [0.25, 0.3) is 3.12 Å². The van der Waals surface area contributed by atoms with Gasteiger partial charge < -0.3 is 0 Å². The fourth-order valence-corrected chi connectivity index (χ4v) is 4.25. The summed E-state index contributed by atoms with van der Waals surface area (Å²) in [4.78, 5) is 16.2. The molecule has 1 rings (SSSR count). The third-order valence-electron chi connectivity index (χ3n) is 1.44. The lowest BCUT2D eigenvalue weighted by molar-refractivity contribution is 0.137. The van der Waals surface area contributed by atoms with Gasteiger partial charge in [-0.2, -0.15) is 11.8 Å². The second kappa shape index (κ2) is 7.45. The maximum Gasteiger partial charge on any atom is 0.445 e. The first-order chi connectivity index (χ1) is 7.88. The highest BCUT2D eigenvalue weighted by Crippen LogP contribution is 2.40. The molecular weight excluding hydrogens is 347 g/mol. The van der Waals surface area contributed by atoms with Crippen molar-refractivity contribution in [2.24, 2.45) is 5.16 Å². The number of nitrogens with zero attached hydrogens (tertiary/aromatic N) is 2. The van der Waals surface area contributed by atoms with Crippen LogP contribution in [0.3, 0.4) is 0 Å². The Balaban J connectivity index is 2.38. The highest BCUT2D eigenvalue weighted by Gasteiger charge is 2.27. The predicted molar refractivity (Wildman–Crippen MR) is 79.3 cm³/mol. The van der Waals surface area contributed by atoms with Gasteiger partial charge in [-0.05, 0) is 0 Å². The Morgan fingerprint density at radius 3 is 2.76 bits per heavy atom. The number of amides is 1. The van der Waals surface area contributed by atoms with Gasteiger partial charge in [0, 0.05) is 36.3 Å². The number of rotatable bonds is 2. The average molecular weight is 356 g/mol. The minimum Gasteiger partial charge on any atom is -0.296 e. The summed E-state index contributed by atoms with van der Waals surface area (Å²) in [5, 5.41) is 4.55. The summed E-state index contributed by atoms with van der Waals surface area (Å²) in [6.45, 7) is 0. The largest absolute Gasteiger partial charge is 0.445 e. The third-order valence-corrected chi connectivity index (χ3v) is 5.07. The molecule has 0 aromatic carbocycles. The lowest BCUT2D eigenvalue weighted by Gasteiger charge is -2.18. The molecule has 98 valence electrons. The van der Waals surface area contributed by atoms with Gasteiger partial charge >= 0.3 is 6.09 Å². The molecule has 0 radical (unpaired) electrons. The van der Waals surface area contributed by atoms with Crippen molar-refractivity contribution in [3.8, 4) is 0 Å². The van der Waals surface area contributed by atoms with Crippen molar-refractivity contribution in [2.75, 3.05) is 24.3 Å². The molecule has 10 heteroatoms. The van der Waals surface area contributed by atoms with Crippen molar-refractivity contribution in [2.45, 2.75) is 3.12 Å². The second-order valence-corrected chi connectivity index (χ2v) is 9.35. The van der Waals surface area contributed by atoms with E-state index in [-0.39, 0.29) is 0 Å². The summed E-state index contributed by atoms with van der Waals surface area (Å²) < 4.78 is -0.520. The van der Waals surface area contributed by atoms with E-state index in [4.69, 9.17) is 39.6 Å². The number of thioether (sulfide) groups is 2. The molecule has 1 heterocycles. The number of carbonyl (C=O) groups excluding carboxylic acids is 1. The van der Waals surface area contributed by atoms with Crippen molar-refractivity contribution in [3.05, 3.63) is 0 Å². The van der Waals surface area contributed by atoms with Gasteiger partial charge in [-0.25, -0.2) is 9.10 Å². The first kappa shape index (κ1) is 15.9. The van der Waals surface area contributed by atoms with E-state index in [0.29, 0.717) is 0 Å². The number of carbonyl (C=O) groups is 1. The quantitative estimate of drug-likeness (QED) is 0.326. The highest BCUT2D eigenvalue weighted by atomic mass is 35.6. The fraction of sp³-hybridized carbons (Fsp3) is 0.714. The van der Waals surface area contributed by atoms with Gasteiger partial charge in [0.05, 0.1) is 0 Å². The molecule has 0 saturated carbocycles. The van der Waals surface area contributed by atoms with E-state index in [1.54, 1.807) is 23.5 Å². The number of oxime groups is 1. The van der Waals surface area contributed by atoms with Gasteiger partial charge in [-0.3, -0.25) is 4.84 Å². The fourth-order valence-electron chi connectivity index (χ4n) is 0.812. The van der Waals surface area contributed by atoms with Crippen molar-refractivity contribution >= 4 is 81.4 Å². The number of hydrogen-bond donors (Lipinski definition) is 0. The van der Waals surface area contributed by atoms with E-state index in [9.17, 15) is 4.79 Å². The summed E-state index contributed by atoms with van der Waals surface area (Å²) in [7, 11) is 1.44. The Hall–Kier alpha value is 0.860. The summed E-state index contributed by atoms with van der Waals surface area (Å²) in [5.41, 5.74) is 0. The third kappa shape index (κ3) is 7.12. The van der Waals surface area contributed by atoms with E-state index in [0.717, 1.165) is 38.6 Å². The van der Waals surface area contributed by atoms with Crippen LogP contribution in [0.4, 0.5) is 4.79 Å². The Labute approximate surface area is 127 Å². The van der Waals surface area contributed by atoms with Crippen molar-refractivity contribution in [1.29, 1.82) is 0 Å². The number of hydrogen-bond acceptors (Lipinski definition) is 6. The summed E-state index contributed by atoms with van der Waals surface area (Å²) in [6.07, 6.45) is -0.676. The molecule has 0 N–H and O–H groups in total. The molecule has 0 aliphatic carbocycles. The van der Waals surface area contributed by atoms with E-state index >= 15 is 0 Å². The monoisotopic (exact) mass is 354 g/mol. The first-order valence-corrected chi connectivity index (χ1v) is 8.41. The smallest absolute Gasteiger partial charge is 0.296 e. The zero-order valence-electron chi connectivity index (χ0n) is 8.69. The molecule has 0 aromatic heterocycles. The molecular formula is C7H9Cl3N2O2S3. The van der Waals surface area contributed by atoms with Crippen LogP contribution in [0.25, 0.3) is 0 Å². The molecule has 1 aliphatic rings. The Kier molecular flexibility index (Phi) is 6.97. The molecule has 0 atom stereocenters. The van der Waals surface area contributed by atoms with Gasteiger partial charge in [-0.1, -0.05) is 40.0 Å². The molecule has 1 aliphatic heterocycles. The van der Waals surface area contributed by atoms with E-state index in [1.165, 1.54) is 7.05 Å². The molecule has 0 spiro atoms. The Bertz CT molecular complexity index is 303. The topological polar surface area (TPSA) is 41.9 Å². The minimum atomic E-state index is -1.60. The summed E-state index contributed by atoms with van der Waals surface area (Å²) >= 11 is 20.6. The summed E-state index contributed by atoms with van der Waals surface area (Å²) in [6, 6.07) is 0. The van der Waals surface area contributed by atoms with Crippen LogP contribution in [0, 0.1) is 0 Å². The van der Waals surface area contributed by atoms with Gasteiger partial charge in [-0.15, -0.1) is 11.8 Å². The van der Waals surface area contributed by atoms with Crippen molar-refractivity contribution < 1.29 is 9.63 Å². The number of halogens is 3. The van der Waals surface area contributed by atoms with Gasteiger partial charge in [0.2, 0.25) is 0 Å². The van der Waals surface area contributed by atoms with Crippen LogP contribution < -0.4 is 0 Å². The van der Waals surface area contributed by atoms with Gasteiger partial charge in [0.1, 0.15) is 5.04 Å². The molecule has 0 bridgehead atoms. The Morgan fingerprint density at radius 1 is 1.53 bits per heavy atom. The minimum absolute atomic E-state index is 0.676. The molecule has 0 aromatic rings. The SMILES string of the molecule is CN(SC(Cl)(Cl)Cl)C(=O)ON=C1CSCCS1. The maximum atomic E-state index is 11.4. The lowest BCUT2D eigenvalue weighted by Crippen LogP contribution is -2.23. The second-order valence-electron chi connectivity index (χ2n) is 2.78. The van der Waals surface area contributed by atoms with Crippen LogP contribution in [0.1, 0.15) is 0 Å². The first-order valence-electron chi connectivity index (χ1n) is 4.36. The zero-order chi connectivity index (χ0) is 12.9. The summed E-state index contributed by atoms with van der Waals surface area (Å²) in [5.74, 6) is 2.82. The number of alkyl halides is 3. The van der Waals surface area contributed by atoms with E-state index in [1.807, 2.05) is 0 Å². The normalized spacial score (nSPS) is 19.2. The van der Waals surface area contributed by atoms with Crippen LogP contribution in [-0.2, 0) is 4.84 Å². The van der Waals surface area contributed by atoms with Crippen LogP contribution in [-0.4, -0.2) is 42.9 Å². The standard InChI is InChI=1S/C7H9Cl3N2O2S3/c1-12(17-7(8,9)10)6(13)14-11-5-4-15-2-3-16-5/h2-4H2,1H3. The van der Waals surface area contributed by atoms with Crippen LogP contribution >= 0.6 is 70.3 Å². The molecule has 1 fully saturated rings. The predicted octanol–water partition coefficient (Wildman–Crippen LogP) is 3.82. The zero-order valence-corrected chi connectivity index (χ0v) is 13.4. The van der Waals surface area contributed by atoms with Gasteiger partial charge in [0.15, 0.2) is 0 Å². The van der Waals surface area contributed by atoms with Crippen molar-refractivity contribution in [3.63, 3.8) is 0 Å². The lowest BCUT2D eigenvalue weighted by atomic mass is 10.9. The molecule has 1 saturated heterocycles.